The Kier molecular flexibility index (Phi) is 6.54. The van der Waals surface area contributed by atoms with E-state index in [0.717, 1.165) is 24.3 Å². The number of nitrogens with zero attached hydrogens (tertiary/aromatic N) is 4. The molecule has 0 atom stereocenters. The molecule has 4 aromatic rings. The fourth-order valence-electron chi connectivity index (χ4n) is 2.54. The van der Waals surface area contributed by atoms with Gasteiger partial charge in [0.15, 0.2) is 0 Å². The van der Waals surface area contributed by atoms with E-state index in [1.165, 1.54) is 4.88 Å². The van der Waals surface area contributed by atoms with Crippen molar-refractivity contribution >= 4 is 23.7 Å². The molecule has 0 saturated carbocycles. The molecule has 27 heavy (non-hydrogen) atoms. The Morgan fingerprint density at radius 1 is 0.963 bits per heavy atom. The maximum atomic E-state index is 5.90. The molecule has 0 amide bonds. The number of thiophene rings is 1. The summed E-state index contributed by atoms with van der Waals surface area (Å²) in [7, 11) is 0. The van der Waals surface area contributed by atoms with Gasteiger partial charge in [-0.25, -0.2) is 0 Å². The second-order valence-corrected chi connectivity index (χ2v) is 6.67. The maximum Gasteiger partial charge on any atom is 0.345 e. The van der Waals surface area contributed by atoms with Gasteiger partial charge in [-0.15, -0.1) is 23.7 Å². The quantitative estimate of drug-likeness (QED) is 0.503. The van der Waals surface area contributed by atoms with Crippen LogP contribution in [0.2, 0.25) is 0 Å². The Morgan fingerprint density at radius 3 is 2.67 bits per heavy atom. The van der Waals surface area contributed by atoms with E-state index < -0.39 is 0 Å². The summed E-state index contributed by atoms with van der Waals surface area (Å²) in [6.07, 6.45) is 0. The van der Waals surface area contributed by atoms with E-state index in [2.05, 4.69) is 44.4 Å². The highest BCUT2D eigenvalue weighted by atomic mass is 35.5. The van der Waals surface area contributed by atoms with E-state index in [1.54, 1.807) is 16.0 Å². The van der Waals surface area contributed by atoms with Crippen LogP contribution in [0.4, 0.5) is 0 Å². The largest absolute Gasteiger partial charge is 0.423 e. The molecule has 0 fully saturated rings. The lowest BCUT2D eigenvalue weighted by Crippen LogP contribution is -2.11. The average molecular weight is 400 g/mol. The molecule has 4 rings (SSSR count). The molecule has 0 bridgehead atoms. The first-order valence-corrected chi connectivity index (χ1v) is 9.10. The molecule has 138 valence electrons. The molecule has 0 radical (unpaired) electrons. The summed E-state index contributed by atoms with van der Waals surface area (Å²) < 4.78 is 7.47. The molecule has 2 aromatic carbocycles. The minimum atomic E-state index is 0. The molecule has 0 spiro atoms. The smallest absolute Gasteiger partial charge is 0.345 e. The summed E-state index contributed by atoms with van der Waals surface area (Å²) in [6, 6.07) is 22.1. The third-order valence-electron chi connectivity index (χ3n) is 3.76. The molecule has 0 aliphatic rings. The fraction of sp³-hybridized carbons (Fsp3) is 0.105. The monoisotopic (exact) mass is 399 g/mol. The number of benzene rings is 2. The Morgan fingerprint density at radius 2 is 1.85 bits per heavy atom. The van der Waals surface area contributed by atoms with Crippen LogP contribution in [-0.2, 0) is 13.1 Å². The standard InChI is InChI=1S/C19H17N5OS.ClH/c1-2-7-16(8-3-1)24-19(21-22-23-24)25-17-9-4-6-15(12-17)13-20-14-18-10-5-11-26-18;/h1-12,20H,13-14H2;1H. The van der Waals surface area contributed by atoms with Crippen LogP contribution in [0.1, 0.15) is 10.4 Å². The number of hydrogen-bond donors (Lipinski definition) is 1. The van der Waals surface area contributed by atoms with Crippen LogP contribution in [0.3, 0.4) is 0 Å². The van der Waals surface area contributed by atoms with Crippen molar-refractivity contribution in [1.29, 1.82) is 0 Å². The maximum absolute atomic E-state index is 5.90. The Hall–Kier alpha value is -2.74. The van der Waals surface area contributed by atoms with Crippen molar-refractivity contribution < 1.29 is 4.74 Å². The molecule has 0 unspecified atom stereocenters. The number of ether oxygens (including phenoxy) is 1. The lowest BCUT2D eigenvalue weighted by atomic mass is 10.2. The van der Waals surface area contributed by atoms with E-state index in [-0.39, 0.29) is 12.4 Å². The highest BCUT2D eigenvalue weighted by Crippen LogP contribution is 2.22. The first-order valence-electron chi connectivity index (χ1n) is 8.22. The summed E-state index contributed by atoms with van der Waals surface area (Å²) >= 11 is 1.75. The van der Waals surface area contributed by atoms with Crippen molar-refractivity contribution in [2.75, 3.05) is 0 Å². The Labute approximate surface area is 167 Å². The van der Waals surface area contributed by atoms with Gasteiger partial charge in [0, 0.05) is 18.0 Å². The highest BCUT2D eigenvalue weighted by Gasteiger charge is 2.10. The minimum absolute atomic E-state index is 0. The third-order valence-corrected chi connectivity index (χ3v) is 4.63. The molecule has 1 N–H and O–H groups in total. The lowest BCUT2D eigenvalue weighted by Gasteiger charge is -2.08. The number of aromatic nitrogens is 4. The third kappa shape index (κ3) is 4.91. The molecule has 2 aromatic heterocycles. The molecule has 0 saturated heterocycles. The van der Waals surface area contributed by atoms with Crippen molar-refractivity contribution in [3.05, 3.63) is 82.6 Å². The van der Waals surface area contributed by atoms with Gasteiger partial charge in [0.25, 0.3) is 0 Å². The van der Waals surface area contributed by atoms with Crippen molar-refractivity contribution in [2.24, 2.45) is 0 Å². The van der Waals surface area contributed by atoms with Crippen LogP contribution in [0.15, 0.2) is 72.1 Å². The Bertz CT molecular complexity index is 959. The zero-order chi connectivity index (χ0) is 17.6. The molecular formula is C19H18ClN5OS. The predicted molar refractivity (Wildman–Crippen MR) is 108 cm³/mol. The molecule has 0 aliphatic carbocycles. The Balaban J connectivity index is 0.00000210. The van der Waals surface area contributed by atoms with Gasteiger partial charge in [0.05, 0.1) is 5.69 Å². The van der Waals surface area contributed by atoms with Crippen molar-refractivity contribution in [2.45, 2.75) is 13.1 Å². The van der Waals surface area contributed by atoms with Crippen molar-refractivity contribution in [3.63, 3.8) is 0 Å². The van der Waals surface area contributed by atoms with Gasteiger partial charge in [0.1, 0.15) is 5.75 Å². The summed E-state index contributed by atoms with van der Waals surface area (Å²) in [5.74, 6) is 0.701. The van der Waals surface area contributed by atoms with E-state index in [9.17, 15) is 0 Å². The van der Waals surface area contributed by atoms with Crippen molar-refractivity contribution in [1.82, 2.24) is 25.5 Å². The zero-order valence-electron chi connectivity index (χ0n) is 14.4. The SMILES string of the molecule is Cl.c1ccc(-n2nnnc2Oc2cccc(CNCc3cccs3)c2)cc1. The van der Waals surface area contributed by atoms with Crippen LogP contribution in [0.5, 0.6) is 11.8 Å². The summed E-state index contributed by atoms with van der Waals surface area (Å²) in [5.41, 5.74) is 1.99. The van der Waals surface area contributed by atoms with E-state index in [0.29, 0.717) is 11.8 Å². The van der Waals surface area contributed by atoms with E-state index >= 15 is 0 Å². The normalized spacial score (nSPS) is 10.4. The topological polar surface area (TPSA) is 64.9 Å². The lowest BCUT2D eigenvalue weighted by molar-refractivity contribution is 0.426. The first kappa shape index (κ1) is 19.0. The number of para-hydroxylation sites is 1. The van der Waals surface area contributed by atoms with Crippen LogP contribution >= 0.6 is 23.7 Å². The van der Waals surface area contributed by atoms with Gasteiger partial charge in [-0.05, 0) is 51.7 Å². The second-order valence-electron chi connectivity index (χ2n) is 5.64. The van der Waals surface area contributed by atoms with E-state index in [1.807, 2.05) is 48.5 Å². The van der Waals surface area contributed by atoms with E-state index in [4.69, 9.17) is 4.74 Å². The molecule has 6 nitrogen and oxygen atoms in total. The van der Waals surface area contributed by atoms with Gasteiger partial charge in [-0.3, -0.25) is 0 Å². The van der Waals surface area contributed by atoms with Crippen LogP contribution < -0.4 is 10.1 Å². The van der Waals surface area contributed by atoms with Gasteiger partial charge in [0.2, 0.25) is 0 Å². The second kappa shape index (κ2) is 9.27. The van der Waals surface area contributed by atoms with Crippen LogP contribution in [0.25, 0.3) is 5.69 Å². The fourth-order valence-corrected chi connectivity index (χ4v) is 3.22. The summed E-state index contributed by atoms with van der Waals surface area (Å²) in [6.45, 7) is 1.62. The predicted octanol–water partition coefficient (Wildman–Crippen LogP) is 4.23. The first-order chi connectivity index (χ1) is 12.9. The van der Waals surface area contributed by atoms with Gasteiger partial charge in [-0.1, -0.05) is 41.5 Å². The van der Waals surface area contributed by atoms with Crippen molar-refractivity contribution in [3.8, 4) is 17.4 Å². The summed E-state index contributed by atoms with van der Waals surface area (Å²) in [4.78, 5) is 1.32. The van der Waals surface area contributed by atoms with Crippen LogP contribution in [-0.4, -0.2) is 20.2 Å². The molecule has 0 aliphatic heterocycles. The number of hydrogen-bond acceptors (Lipinski definition) is 6. The highest BCUT2D eigenvalue weighted by molar-refractivity contribution is 7.09. The molecule has 8 heteroatoms. The number of halogens is 1. The van der Waals surface area contributed by atoms with Crippen LogP contribution in [0, 0.1) is 0 Å². The number of tetrazole rings is 1. The van der Waals surface area contributed by atoms with Gasteiger partial charge in [-0.2, -0.15) is 4.68 Å². The average Bonchev–Trinajstić information content (AvgIpc) is 3.35. The minimum Gasteiger partial charge on any atom is -0.423 e. The summed E-state index contributed by atoms with van der Waals surface area (Å²) in [5, 5.41) is 17.2. The van der Waals surface area contributed by atoms with Gasteiger partial charge >= 0.3 is 6.01 Å². The molecule has 2 heterocycles. The van der Waals surface area contributed by atoms with Gasteiger partial charge < -0.3 is 10.1 Å². The zero-order valence-corrected chi connectivity index (χ0v) is 16.0. The molecular weight excluding hydrogens is 382 g/mol. The number of nitrogens with one attached hydrogen (secondary N) is 1. The number of rotatable bonds is 7.